The number of nitriles is 1. The molecule has 7 heteroatoms. The van der Waals surface area contributed by atoms with E-state index < -0.39 is 11.3 Å². The fourth-order valence-electron chi connectivity index (χ4n) is 2.69. The van der Waals surface area contributed by atoms with Crippen LogP contribution in [0.4, 0.5) is 0 Å². The van der Waals surface area contributed by atoms with Crippen LogP contribution in [0.2, 0.25) is 0 Å². The topological polar surface area (TPSA) is 91.9 Å². The van der Waals surface area contributed by atoms with Crippen molar-refractivity contribution >= 4 is 23.4 Å². The van der Waals surface area contributed by atoms with Gasteiger partial charge in [0.25, 0.3) is 5.91 Å². The third kappa shape index (κ3) is 2.82. The van der Waals surface area contributed by atoms with Crippen LogP contribution >= 0.6 is 0 Å². The molecular formula is C19H17N5O2. The van der Waals surface area contributed by atoms with Crippen LogP contribution in [0.5, 0.6) is 0 Å². The van der Waals surface area contributed by atoms with Crippen LogP contribution in [0.15, 0.2) is 42.9 Å². The van der Waals surface area contributed by atoms with Crippen LogP contribution < -0.4 is 0 Å². The minimum Gasteiger partial charge on any atom is -0.289 e. The van der Waals surface area contributed by atoms with Crippen LogP contribution in [-0.4, -0.2) is 38.8 Å². The van der Waals surface area contributed by atoms with E-state index in [-0.39, 0.29) is 0 Å². The molecule has 3 rings (SSSR count). The maximum Gasteiger partial charge on any atom is 0.277 e. The highest BCUT2D eigenvalue weighted by molar-refractivity contribution is 6.02. The molecule has 2 amide bonds. The number of benzene rings is 1. The number of aromatic nitrogens is 3. The fraction of sp³-hybridized carbons (Fsp3) is 0.211. The first-order chi connectivity index (χ1) is 12.4. The van der Waals surface area contributed by atoms with E-state index in [4.69, 9.17) is 0 Å². The molecule has 0 aliphatic carbocycles. The first-order valence-electron chi connectivity index (χ1n) is 7.95. The Hall–Kier alpha value is -3.53. The predicted molar refractivity (Wildman–Crippen MR) is 95.7 cm³/mol. The van der Waals surface area contributed by atoms with E-state index in [9.17, 15) is 14.9 Å². The molecule has 3 aromatic rings. The normalized spacial score (nSPS) is 11.2. The molecular weight excluding hydrogens is 330 g/mol. The molecule has 7 nitrogen and oxygen atoms in total. The summed E-state index contributed by atoms with van der Waals surface area (Å²) in [5.74, 6) is -0.445. The Kier molecular flexibility index (Phi) is 4.26. The molecule has 0 spiro atoms. The van der Waals surface area contributed by atoms with Gasteiger partial charge in [0.2, 0.25) is 6.41 Å². The van der Waals surface area contributed by atoms with Crippen molar-refractivity contribution in [3.63, 3.8) is 0 Å². The van der Waals surface area contributed by atoms with Crippen molar-refractivity contribution in [1.82, 2.24) is 19.4 Å². The van der Waals surface area contributed by atoms with Crippen LogP contribution in [0, 0.1) is 11.3 Å². The van der Waals surface area contributed by atoms with Crippen molar-refractivity contribution in [3.8, 4) is 11.8 Å². The summed E-state index contributed by atoms with van der Waals surface area (Å²) in [4.78, 5) is 32.8. The number of carbonyl (C=O) groups is 2. The van der Waals surface area contributed by atoms with Crippen LogP contribution in [0.1, 0.15) is 29.9 Å². The number of hydrogen-bond acceptors (Lipinski definition) is 5. The van der Waals surface area contributed by atoms with Gasteiger partial charge >= 0.3 is 0 Å². The number of carbonyl (C=O) groups excluding carboxylic acids is 2. The summed E-state index contributed by atoms with van der Waals surface area (Å²) in [6.45, 7) is 3.68. The van der Waals surface area contributed by atoms with E-state index in [1.807, 2.05) is 38.1 Å². The summed E-state index contributed by atoms with van der Waals surface area (Å²) >= 11 is 0. The molecule has 0 atom stereocenters. The first-order valence-corrected chi connectivity index (χ1v) is 7.95. The molecule has 0 saturated heterocycles. The Bertz CT molecular complexity index is 1030. The highest BCUT2D eigenvalue weighted by atomic mass is 16.2. The van der Waals surface area contributed by atoms with Crippen molar-refractivity contribution in [3.05, 3.63) is 54.1 Å². The second-order valence-corrected chi connectivity index (χ2v) is 6.47. The van der Waals surface area contributed by atoms with Crippen LogP contribution in [-0.2, 0) is 10.2 Å². The minimum atomic E-state index is -0.615. The Labute approximate surface area is 150 Å². The van der Waals surface area contributed by atoms with Gasteiger partial charge in [0, 0.05) is 24.3 Å². The molecule has 0 radical (unpaired) electrons. The van der Waals surface area contributed by atoms with Crippen molar-refractivity contribution < 1.29 is 9.59 Å². The van der Waals surface area contributed by atoms with E-state index in [0.29, 0.717) is 28.8 Å². The zero-order valence-electron chi connectivity index (χ0n) is 14.7. The van der Waals surface area contributed by atoms with Crippen LogP contribution in [0.3, 0.4) is 0 Å². The second-order valence-electron chi connectivity index (χ2n) is 6.47. The van der Waals surface area contributed by atoms with Crippen molar-refractivity contribution in [2.45, 2.75) is 19.3 Å². The zero-order valence-corrected chi connectivity index (χ0v) is 14.7. The van der Waals surface area contributed by atoms with Gasteiger partial charge in [0.05, 0.1) is 11.5 Å². The lowest BCUT2D eigenvalue weighted by molar-refractivity contribution is -0.115. The van der Waals surface area contributed by atoms with Gasteiger partial charge in [0.15, 0.2) is 0 Å². The van der Waals surface area contributed by atoms with Crippen molar-refractivity contribution in [2.24, 2.45) is 0 Å². The standard InChI is InChI=1S/C19H17N5O2/c1-19(2,10-20)14-4-6-15(7-5-14)24-16(18(26)23(3)12-25)8-13-9-21-11-22-17(13)24/h4-9,11-12H,1-3H3. The monoisotopic (exact) mass is 347 g/mol. The molecule has 26 heavy (non-hydrogen) atoms. The SMILES string of the molecule is CN(C=O)C(=O)c1cc2cncnc2n1-c1ccc(C(C)(C)C#N)cc1. The average molecular weight is 347 g/mol. The van der Waals surface area contributed by atoms with Gasteiger partial charge in [-0.2, -0.15) is 5.26 Å². The second kappa shape index (κ2) is 6.41. The minimum absolute atomic E-state index is 0.308. The fourth-order valence-corrected chi connectivity index (χ4v) is 2.69. The quantitative estimate of drug-likeness (QED) is 0.676. The first kappa shape index (κ1) is 17.3. The van der Waals surface area contributed by atoms with E-state index >= 15 is 0 Å². The third-order valence-corrected chi connectivity index (χ3v) is 4.29. The summed E-state index contributed by atoms with van der Waals surface area (Å²) in [5, 5.41) is 9.98. The van der Waals surface area contributed by atoms with E-state index in [1.165, 1.54) is 13.4 Å². The van der Waals surface area contributed by atoms with E-state index in [2.05, 4.69) is 16.0 Å². The Morgan fingerprint density at radius 3 is 2.62 bits per heavy atom. The highest BCUT2D eigenvalue weighted by Gasteiger charge is 2.22. The molecule has 1 aromatic carbocycles. The summed E-state index contributed by atoms with van der Waals surface area (Å²) in [6.07, 6.45) is 3.49. The van der Waals surface area contributed by atoms with Crippen molar-refractivity contribution in [1.29, 1.82) is 5.26 Å². The smallest absolute Gasteiger partial charge is 0.277 e. The number of rotatable bonds is 4. The molecule has 0 bridgehead atoms. The molecule has 0 aliphatic rings. The van der Waals surface area contributed by atoms with Gasteiger partial charge in [-0.3, -0.25) is 19.1 Å². The zero-order chi connectivity index (χ0) is 18.9. The third-order valence-electron chi connectivity index (χ3n) is 4.29. The molecule has 0 N–H and O–H groups in total. The number of imide groups is 1. The van der Waals surface area contributed by atoms with Gasteiger partial charge in [-0.15, -0.1) is 0 Å². The number of fused-ring (bicyclic) bond motifs is 1. The Morgan fingerprint density at radius 2 is 2.00 bits per heavy atom. The number of hydrogen-bond donors (Lipinski definition) is 0. The molecule has 0 unspecified atom stereocenters. The molecule has 0 saturated carbocycles. The van der Waals surface area contributed by atoms with Gasteiger partial charge in [0.1, 0.15) is 17.7 Å². The molecule has 0 fully saturated rings. The lowest BCUT2D eigenvalue weighted by atomic mass is 9.86. The average Bonchev–Trinajstić information content (AvgIpc) is 3.06. The van der Waals surface area contributed by atoms with Gasteiger partial charge in [-0.25, -0.2) is 9.97 Å². The number of nitrogens with zero attached hydrogens (tertiary/aromatic N) is 5. The molecule has 2 aromatic heterocycles. The Balaban J connectivity index is 2.19. The summed E-state index contributed by atoms with van der Waals surface area (Å²) < 4.78 is 1.68. The van der Waals surface area contributed by atoms with E-state index in [0.717, 1.165) is 10.5 Å². The maximum absolute atomic E-state index is 12.6. The lowest BCUT2D eigenvalue weighted by Crippen LogP contribution is -2.27. The highest BCUT2D eigenvalue weighted by Crippen LogP contribution is 2.27. The van der Waals surface area contributed by atoms with Crippen LogP contribution in [0.25, 0.3) is 16.7 Å². The largest absolute Gasteiger partial charge is 0.289 e. The van der Waals surface area contributed by atoms with Crippen molar-refractivity contribution in [2.75, 3.05) is 7.05 Å². The van der Waals surface area contributed by atoms with Gasteiger partial charge in [-0.1, -0.05) is 12.1 Å². The van der Waals surface area contributed by atoms with Gasteiger partial charge < -0.3 is 0 Å². The summed E-state index contributed by atoms with van der Waals surface area (Å²) in [7, 11) is 1.40. The predicted octanol–water partition coefficient (Wildman–Crippen LogP) is 2.45. The maximum atomic E-state index is 12.6. The summed E-state index contributed by atoms with van der Waals surface area (Å²) in [6, 6.07) is 11.3. The Morgan fingerprint density at radius 1 is 1.31 bits per heavy atom. The van der Waals surface area contributed by atoms with E-state index in [1.54, 1.807) is 16.8 Å². The lowest BCUT2D eigenvalue weighted by Gasteiger charge is -2.17. The molecule has 130 valence electrons. The molecule has 2 heterocycles. The summed E-state index contributed by atoms with van der Waals surface area (Å²) in [5.41, 5.74) is 1.83. The molecule has 0 aliphatic heterocycles. The van der Waals surface area contributed by atoms with Gasteiger partial charge in [-0.05, 0) is 37.6 Å². The number of amides is 2.